The molecule has 3 rings (SSSR count). The van der Waals surface area contributed by atoms with Crippen molar-refractivity contribution in [2.75, 3.05) is 0 Å². The van der Waals surface area contributed by atoms with Crippen LogP contribution in [0.1, 0.15) is 12.6 Å². The van der Waals surface area contributed by atoms with E-state index in [9.17, 15) is 0 Å². The predicted molar refractivity (Wildman–Crippen MR) is 75.0 cm³/mol. The minimum Gasteiger partial charge on any atom is -0.298 e. The Morgan fingerprint density at radius 2 is 1.89 bits per heavy atom. The van der Waals surface area contributed by atoms with Gasteiger partial charge in [0.1, 0.15) is 0 Å². The molecule has 0 aliphatic carbocycles. The van der Waals surface area contributed by atoms with Crippen LogP contribution in [0.2, 0.25) is 5.02 Å². The molecule has 0 saturated carbocycles. The van der Waals surface area contributed by atoms with Crippen LogP contribution in [0.15, 0.2) is 48.7 Å². The summed E-state index contributed by atoms with van der Waals surface area (Å²) in [6, 6.07) is 14.1. The minimum absolute atomic E-state index is 0.689. The first-order chi connectivity index (χ1) is 8.81. The highest BCUT2D eigenvalue weighted by Gasteiger charge is 2.13. The molecular formula is C15H13ClN2. The van der Waals surface area contributed by atoms with Crippen molar-refractivity contribution < 1.29 is 0 Å². The van der Waals surface area contributed by atoms with E-state index in [1.165, 1.54) is 5.56 Å². The van der Waals surface area contributed by atoms with Crippen LogP contribution in [-0.2, 0) is 6.42 Å². The number of fused-ring (bicyclic) bond motifs is 1. The van der Waals surface area contributed by atoms with E-state index in [0.29, 0.717) is 5.02 Å². The second kappa shape index (κ2) is 4.46. The number of rotatable bonds is 2. The van der Waals surface area contributed by atoms with Gasteiger partial charge in [-0.2, -0.15) is 0 Å². The van der Waals surface area contributed by atoms with E-state index in [4.69, 9.17) is 11.6 Å². The van der Waals surface area contributed by atoms with Crippen molar-refractivity contribution in [2.24, 2.45) is 0 Å². The normalized spacial score (nSPS) is 11.0. The van der Waals surface area contributed by atoms with Crippen LogP contribution in [0.4, 0.5) is 0 Å². The standard InChI is InChI=1S/C15H13ClN2/c1-2-13-14(11-7-4-3-5-8-11)18-10-6-9-12(16)15(18)17-13/h3-10H,2H2,1H3. The Morgan fingerprint density at radius 3 is 2.61 bits per heavy atom. The van der Waals surface area contributed by atoms with Gasteiger partial charge in [-0.15, -0.1) is 0 Å². The van der Waals surface area contributed by atoms with Gasteiger partial charge in [-0.05, 0) is 18.6 Å². The predicted octanol–water partition coefficient (Wildman–Crippen LogP) is 4.22. The van der Waals surface area contributed by atoms with Gasteiger partial charge in [-0.1, -0.05) is 48.9 Å². The quantitative estimate of drug-likeness (QED) is 0.671. The molecule has 0 unspecified atom stereocenters. The third kappa shape index (κ3) is 1.70. The number of nitrogens with zero attached hydrogens (tertiary/aromatic N) is 2. The highest BCUT2D eigenvalue weighted by atomic mass is 35.5. The van der Waals surface area contributed by atoms with Gasteiger partial charge in [0, 0.05) is 11.8 Å². The van der Waals surface area contributed by atoms with Gasteiger partial charge in [0.2, 0.25) is 0 Å². The number of halogens is 1. The lowest BCUT2D eigenvalue weighted by Gasteiger charge is -2.04. The van der Waals surface area contributed by atoms with E-state index in [-0.39, 0.29) is 0 Å². The Kier molecular flexibility index (Phi) is 2.80. The second-order valence-electron chi connectivity index (χ2n) is 4.18. The highest BCUT2D eigenvalue weighted by Crippen LogP contribution is 2.28. The van der Waals surface area contributed by atoms with Gasteiger partial charge in [0.15, 0.2) is 5.65 Å². The van der Waals surface area contributed by atoms with E-state index in [1.807, 2.05) is 36.5 Å². The van der Waals surface area contributed by atoms with E-state index in [2.05, 4.69) is 28.4 Å². The number of imidazole rings is 1. The molecule has 0 radical (unpaired) electrons. The lowest BCUT2D eigenvalue weighted by Crippen LogP contribution is -1.90. The van der Waals surface area contributed by atoms with Gasteiger partial charge in [0.05, 0.1) is 16.4 Å². The maximum atomic E-state index is 6.20. The average molecular weight is 257 g/mol. The number of aromatic nitrogens is 2. The van der Waals surface area contributed by atoms with Gasteiger partial charge in [-0.25, -0.2) is 4.98 Å². The molecule has 3 heteroatoms. The van der Waals surface area contributed by atoms with Crippen molar-refractivity contribution >= 4 is 17.2 Å². The SMILES string of the molecule is CCc1nc2c(Cl)cccn2c1-c1ccccc1. The molecule has 0 fully saturated rings. The van der Waals surface area contributed by atoms with E-state index in [0.717, 1.165) is 23.5 Å². The molecule has 0 spiro atoms. The Bertz CT molecular complexity index is 686. The van der Waals surface area contributed by atoms with Crippen LogP contribution in [0.5, 0.6) is 0 Å². The monoisotopic (exact) mass is 256 g/mol. The molecule has 2 aromatic heterocycles. The smallest absolute Gasteiger partial charge is 0.156 e. The third-order valence-corrected chi connectivity index (χ3v) is 3.35. The summed E-state index contributed by atoms with van der Waals surface area (Å²) in [5.41, 5.74) is 4.21. The molecule has 18 heavy (non-hydrogen) atoms. The number of aryl methyl sites for hydroxylation is 1. The summed E-state index contributed by atoms with van der Waals surface area (Å²) in [7, 11) is 0. The van der Waals surface area contributed by atoms with Crippen molar-refractivity contribution in [3.63, 3.8) is 0 Å². The topological polar surface area (TPSA) is 17.3 Å². The maximum absolute atomic E-state index is 6.20. The third-order valence-electron chi connectivity index (χ3n) is 3.06. The zero-order valence-corrected chi connectivity index (χ0v) is 10.9. The largest absolute Gasteiger partial charge is 0.298 e. The number of benzene rings is 1. The Hall–Kier alpha value is -1.80. The molecule has 2 nitrogen and oxygen atoms in total. The molecule has 0 amide bonds. The van der Waals surface area contributed by atoms with Crippen molar-refractivity contribution in [1.29, 1.82) is 0 Å². The molecule has 0 N–H and O–H groups in total. The summed E-state index contributed by atoms with van der Waals surface area (Å²) in [6.45, 7) is 2.11. The van der Waals surface area contributed by atoms with Crippen LogP contribution in [-0.4, -0.2) is 9.38 Å². The fourth-order valence-corrected chi connectivity index (χ4v) is 2.44. The Labute approximate surface area is 111 Å². The van der Waals surface area contributed by atoms with Gasteiger partial charge in [-0.3, -0.25) is 4.40 Å². The van der Waals surface area contributed by atoms with E-state index in [1.54, 1.807) is 0 Å². The lowest BCUT2D eigenvalue weighted by molar-refractivity contribution is 1.07. The first-order valence-electron chi connectivity index (χ1n) is 6.02. The molecule has 90 valence electrons. The number of hydrogen-bond donors (Lipinski definition) is 0. The van der Waals surface area contributed by atoms with Crippen molar-refractivity contribution in [3.8, 4) is 11.3 Å². The number of pyridine rings is 1. The summed E-state index contributed by atoms with van der Waals surface area (Å²) >= 11 is 6.20. The Morgan fingerprint density at radius 1 is 1.11 bits per heavy atom. The van der Waals surface area contributed by atoms with E-state index < -0.39 is 0 Å². The van der Waals surface area contributed by atoms with Crippen molar-refractivity contribution in [3.05, 3.63) is 59.4 Å². The minimum atomic E-state index is 0.689. The zero-order valence-electron chi connectivity index (χ0n) is 10.1. The molecule has 2 heterocycles. The first kappa shape index (κ1) is 11.3. The molecule has 0 aliphatic rings. The second-order valence-corrected chi connectivity index (χ2v) is 4.58. The molecule has 0 saturated heterocycles. The Balaban J connectivity index is 2.37. The fourth-order valence-electron chi connectivity index (χ4n) is 2.23. The van der Waals surface area contributed by atoms with Crippen LogP contribution >= 0.6 is 11.6 Å². The molecule has 0 bridgehead atoms. The summed E-state index contributed by atoms with van der Waals surface area (Å²) in [5.74, 6) is 0. The lowest BCUT2D eigenvalue weighted by atomic mass is 10.1. The first-order valence-corrected chi connectivity index (χ1v) is 6.40. The van der Waals surface area contributed by atoms with Crippen molar-refractivity contribution in [2.45, 2.75) is 13.3 Å². The fraction of sp³-hybridized carbons (Fsp3) is 0.133. The number of hydrogen-bond acceptors (Lipinski definition) is 1. The van der Waals surface area contributed by atoms with Gasteiger partial charge >= 0.3 is 0 Å². The van der Waals surface area contributed by atoms with E-state index >= 15 is 0 Å². The molecule has 3 aromatic rings. The molecular weight excluding hydrogens is 244 g/mol. The van der Waals surface area contributed by atoms with Crippen LogP contribution in [0, 0.1) is 0 Å². The van der Waals surface area contributed by atoms with Gasteiger partial charge < -0.3 is 0 Å². The summed E-state index contributed by atoms with van der Waals surface area (Å²) in [6.07, 6.45) is 2.90. The van der Waals surface area contributed by atoms with Gasteiger partial charge in [0.25, 0.3) is 0 Å². The average Bonchev–Trinajstić information content (AvgIpc) is 2.80. The molecule has 0 atom stereocenters. The van der Waals surface area contributed by atoms with Crippen molar-refractivity contribution in [1.82, 2.24) is 9.38 Å². The summed E-state index contributed by atoms with van der Waals surface area (Å²) in [4.78, 5) is 4.64. The maximum Gasteiger partial charge on any atom is 0.156 e. The molecule has 1 aromatic carbocycles. The zero-order chi connectivity index (χ0) is 12.5. The van der Waals surface area contributed by atoms with Crippen LogP contribution in [0.3, 0.4) is 0 Å². The van der Waals surface area contributed by atoms with Crippen LogP contribution in [0.25, 0.3) is 16.9 Å². The highest BCUT2D eigenvalue weighted by molar-refractivity contribution is 6.33. The summed E-state index contributed by atoms with van der Waals surface area (Å²) < 4.78 is 2.07. The molecule has 0 aliphatic heterocycles. The van der Waals surface area contributed by atoms with Crippen LogP contribution < -0.4 is 0 Å². The summed E-state index contributed by atoms with van der Waals surface area (Å²) in [5, 5.41) is 0.689.